The molecule has 0 amide bonds. The minimum absolute atomic E-state index is 0. The van der Waals surface area contributed by atoms with Gasteiger partial charge in [-0.15, -0.1) is 0 Å². The normalized spacial score (nSPS) is 6.00. The zero-order valence-corrected chi connectivity index (χ0v) is 7.40. The molecule has 46 valence electrons. The predicted octanol–water partition coefficient (Wildman–Crippen LogP) is 1.24. The Morgan fingerprint density at radius 3 is 1.50 bits per heavy atom. The number of aliphatic hydroxyl groups excluding tert-OH is 1. The van der Waals surface area contributed by atoms with Gasteiger partial charge in [0, 0.05) is 6.61 Å². The summed E-state index contributed by atoms with van der Waals surface area (Å²) in [6.07, 6.45) is 2.28. The summed E-state index contributed by atoms with van der Waals surface area (Å²) in [5.41, 5.74) is 0. The molecule has 1 N–H and O–H groups in total. The van der Waals surface area contributed by atoms with Crippen molar-refractivity contribution in [1.82, 2.24) is 0 Å². The van der Waals surface area contributed by atoms with Crippen LogP contribution in [-0.4, -0.2) is 34.8 Å². The first-order chi connectivity index (χ1) is 3.33. The number of hydrogen-bond acceptors (Lipinski definition) is 1. The molecule has 1 nitrogen and oxygen atoms in total. The molecule has 0 atom stereocenters. The third-order valence-electron chi connectivity index (χ3n) is 0.354. The van der Waals surface area contributed by atoms with Gasteiger partial charge < -0.3 is 12.0 Å². The first-order valence-corrected chi connectivity index (χ1v) is 2.73. The molecule has 0 spiro atoms. The Morgan fingerprint density at radius 1 is 1.38 bits per heavy atom. The molecule has 0 saturated carbocycles. The molecule has 0 heterocycles. The largest absolute Gasteiger partial charge is 2.00 e. The Morgan fingerprint density at radius 2 is 1.50 bits per heavy atom. The standard InChI is InChI=1S/C4H9.C2H6O.Mg/c1-3-4-2;1-2-3;/h1,3-4H2,2H3;3H,2H2,1H3;/q-1;;+2. The molecular formula is C6H15MgO+. The molecule has 0 fully saturated rings. The van der Waals surface area contributed by atoms with E-state index in [9.17, 15) is 0 Å². The fourth-order valence-electron chi connectivity index (χ4n) is 0. The second kappa shape index (κ2) is 25.2. The molecule has 0 aliphatic carbocycles. The Bertz CT molecular complexity index is 16.0. The molecule has 0 saturated heterocycles. The van der Waals surface area contributed by atoms with Crippen LogP contribution in [0.1, 0.15) is 26.7 Å². The third kappa shape index (κ3) is 74.0. The van der Waals surface area contributed by atoms with Crippen molar-refractivity contribution in [2.75, 3.05) is 6.61 Å². The fourth-order valence-corrected chi connectivity index (χ4v) is 0. The van der Waals surface area contributed by atoms with Crippen molar-refractivity contribution >= 4 is 23.1 Å². The van der Waals surface area contributed by atoms with Crippen LogP contribution >= 0.6 is 0 Å². The van der Waals surface area contributed by atoms with E-state index in [4.69, 9.17) is 5.11 Å². The molecule has 0 rings (SSSR count). The van der Waals surface area contributed by atoms with Gasteiger partial charge in [-0.05, 0) is 6.92 Å². The summed E-state index contributed by atoms with van der Waals surface area (Å²) in [7, 11) is 0. The molecular weight excluding hydrogens is 112 g/mol. The molecule has 0 aromatic carbocycles. The van der Waals surface area contributed by atoms with Crippen LogP contribution in [0.15, 0.2) is 0 Å². The van der Waals surface area contributed by atoms with Crippen LogP contribution in [0.5, 0.6) is 0 Å². The maximum Gasteiger partial charge on any atom is 2.00 e. The van der Waals surface area contributed by atoms with E-state index < -0.39 is 0 Å². The molecule has 0 aromatic heterocycles. The summed E-state index contributed by atoms with van der Waals surface area (Å²) in [5.74, 6) is 0. The van der Waals surface area contributed by atoms with Gasteiger partial charge in [-0.25, -0.2) is 0 Å². The molecule has 0 unspecified atom stereocenters. The van der Waals surface area contributed by atoms with Crippen LogP contribution in [0.2, 0.25) is 0 Å². The minimum atomic E-state index is 0. The second-order valence-corrected chi connectivity index (χ2v) is 1.17. The summed E-state index contributed by atoms with van der Waals surface area (Å²) in [6, 6.07) is 0. The van der Waals surface area contributed by atoms with Gasteiger partial charge in [-0.2, -0.15) is 6.42 Å². The Balaban J connectivity index is -0.0000000575. The van der Waals surface area contributed by atoms with Gasteiger partial charge in [0.15, 0.2) is 0 Å². The maximum atomic E-state index is 7.57. The molecule has 0 aliphatic rings. The van der Waals surface area contributed by atoms with Crippen LogP contribution < -0.4 is 0 Å². The monoisotopic (exact) mass is 127 g/mol. The molecule has 0 bridgehead atoms. The SMILES string of the molecule is CCO.[CH2-]CCC.[Mg+2]. The topological polar surface area (TPSA) is 20.2 Å². The van der Waals surface area contributed by atoms with Gasteiger partial charge in [0.05, 0.1) is 0 Å². The van der Waals surface area contributed by atoms with E-state index in [-0.39, 0.29) is 29.7 Å². The average molecular weight is 127 g/mol. The van der Waals surface area contributed by atoms with Gasteiger partial charge in [0.1, 0.15) is 0 Å². The van der Waals surface area contributed by atoms with E-state index in [0.717, 1.165) is 6.42 Å². The van der Waals surface area contributed by atoms with Crippen LogP contribution in [0, 0.1) is 6.92 Å². The number of rotatable bonds is 1. The quantitative estimate of drug-likeness (QED) is 0.415. The summed E-state index contributed by atoms with van der Waals surface area (Å²) >= 11 is 0. The molecule has 0 radical (unpaired) electrons. The van der Waals surface area contributed by atoms with Gasteiger partial charge >= 0.3 is 23.1 Å². The van der Waals surface area contributed by atoms with Crippen LogP contribution in [0.25, 0.3) is 0 Å². The smallest absolute Gasteiger partial charge is 0.397 e. The van der Waals surface area contributed by atoms with Gasteiger partial charge in [0.25, 0.3) is 0 Å². The summed E-state index contributed by atoms with van der Waals surface area (Å²) in [4.78, 5) is 0. The maximum absolute atomic E-state index is 7.57. The van der Waals surface area contributed by atoms with E-state index in [0.29, 0.717) is 0 Å². The Labute approximate surface area is 68.6 Å². The van der Waals surface area contributed by atoms with Crippen molar-refractivity contribution in [2.45, 2.75) is 26.7 Å². The number of hydrogen-bond donors (Lipinski definition) is 1. The van der Waals surface area contributed by atoms with E-state index >= 15 is 0 Å². The summed E-state index contributed by atoms with van der Waals surface area (Å²) in [6.45, 7) is 7.65. The minimum Gasteiger partial charge on any atom is -0.397 e. The van der Waals surface area contributed by atoms with Crippen molar-refractivity contribution < 1.29 is 5.11 Å². The first kappa shape index (κ1) is 15.9. The van der Waals surface area contributed by atoms with Crippen molar-refractivity contribution in [3.8, 4) is 0 Å². The third-order valence-corrected chi connectivity index (χ3v) is 0.354. The van der Waals surface area contributed by atoms with Crippen LogP contribution in [0.3, 0.4) is 0 Å². The fraction of sp³-hybridized carbons (Fsp3) is 0.833. The molecule has 8 heavy (non-hydrogen) atoms. The number of unbranched alkanes of at least 4 members (excludes halogenated alkanes) is 1. The summed E-state index contributed by atoms with van der Waals surface area (Å²) in [5, 5.41) is 7.57. The average Bonchev–Trinajstić information content (AvgIpc) is 1.69. The zero-order chi connectivity index (χ0) is 6.12. The van der Waals surface area contributed by atoms with Crippen molar-refractivity contribution in [2.24, 2.45) is 0 Å². The second-order valence-electron chi connectivity index (χ2n) is 1.17. The van der Waals surface area contributed by atoms with Crippen molar-refractivity contribution in [3.05, 3.63) is 6.92 Å². The zero-order valence-electron chi connectivity index (χ0n) is 5.98. The first-order valence-electron chi connectivity index (χ1n) is 2.73. The van der Waals surface area contributed by atoms with Gasteiger partial charge in [0.2, 0.25) is 0 Å². The van der Waals surface area contributed by atoms with E-state index in [1.807, 2.05) is 0 Å². The van der Waals surface area contributed by atoms with Crippen molar-refractivity contribution in [3.63, 3.8) is 0 Å². The Kier molecular flexibility index (Phi) is 50.0. The van der Waals surface area contributed by atoms with E-state index in [1.165, 1.54) is 6.42 Å². The van der Waals surface area contributed by atoms with Crippen LogP contribution in [-0.2, 0) is 0 Å². The molecule has 2 heteroatoms. The molecule has 0 aliphatic heterocycles. The van der Waals surface area contributed by atoms with Gasteiger partial charge in [-0.3, -0.25) is 0 Å². The number of aliphatic hydroxyl groups is 1. The van der Waals surface area contributed by atoms with Gasteiger partial charge in [-0.1, -0.05) is 13.3 Å². The Hall–Kier alpha value is 0.726. The van der Waals surface area contributed by atoms with Crippen LogP contribution in [0.4, 0.5) is 0 Å². The summed E-state index contributed by atoms with van der Waals surface area (Å²) < 4.78 is 0. The predicted molar refractivity (Wildman–Crippen MR) is 38.8 cm³/mol. The van der Waals surface area contributed by atoms with E-state index in [1.54, 1.807) is 6.92 Å². The van der Waals surface area contributed by atoms with Crippen molar-refractivity contribution in [1.29, 1.82) is 0 Å². The van der Waals surface area contributed by atoms with E-state index in [2.05, 4.69) is 13.8 Å². The molecule has 0 aromatic rings.